The van der Waals surface area contributed by atoms with Gasteiger partial charge in [-0.25, -0.2) is 4.79 Å². The number of hydrogen-bond acceptors (Lipinski definition) is 3. The number of amides is 1. The molecule has 2 aliphatic heterocycles. The van der Waals surface area contributed by atoms with E-state index in [2.05, 4.69) is 6.92 Å². The van der Waals surface area contributed by atoms with E-state index in [0.29, 0.717) is 6.42 Å². The third kappa shape index (κ3) is 2.48. The molecular formula is C14H25NO3. The standard InChI is InChI=1S/C14H25NO3/c1-5-10-11-7-6-9(8-12(10)16)15(11)13(17)18-14(2,3)4/h9-12,16H,5-8H2,1-4H3. The first-order valence-corrected chi connectivity index (χ1v) is 7.03. The summed E-state index contributed by atoms with van der Waals surface area (Å²) in [5.74, 6) is 0.205. The highest BCUT2D eigenvalue weighted by Gasteiger charge is 2.49. The first kappa shape index (κ1) is 13.7. The summed E-state index contributed by atoms with van der Waals surface area (Å²) in [6, 6.07) is 0.334. The number of fused-ring (bicyclic) bond motifs is 2. The molecule has 0 aliphatic carbocycles. The summed E-state index contributed by atoms with van der Waals surface area (Å²) >= 11 is 0. The fourth-order valence-electron chi connectivity index (χ4n) is 3.42. The second-order valence-corrected chi connectivity index (χ2v) is 6.56. The number of ether oxygens (including phenoxy) is 1. The molecule has 4 unspecified atom stereocenters. The molecule has 2 bridgehead atoms. The normalized spacial score (nSPS) is 35.7. The fraction of sp³-hybridized carbons (Fsp3) is 0.929. The van der Waals surface area contributed by atoms with Crippen molar-refractivity contribution in [3.63, 3.8) is 0 Å². The van der Waals surface area contributed by atoms with E-state index in [0.717, 1.165) is 19.3 Å². The quantitative estimate of drug-likeness (QED) is 0.783. The zero-order chi connectivity index (χ0) is 13.5. The monoisotopic (exact) mass is 255 g/mol. The molecule has 4 heteroatoms. The Morgan fingerprint density at radius 3 is 2.61 bits per heavy atom. The largest absolute Gasteiger partial charge is 0.444 e. The van der Waals surface area contributed by atoms with Gasteiger partial charge >= 0.3 is 6.09 Å². The summed E-state index contributed by atoms with van der Waals surface area (Å²) in [6.45, 7) is 7.76. The molecule has 18 heavy (non-hydrogen) atoms. The van der Waals surface area contributed by atoms with Crippen LogP contribution in [-0.4, -0.2) is 39.9 Å². The lowest BCUT2D eigenvalue weighted by atomic mass is 9.86. The minimum atomic E-state index is -0.450. The summed E-state index contributed by atoms with van der Waals surface area (Å²) in [7, 11) is 0. The molecule has 4 nitrogen and oxygen atoms in total. The summed E-state index contributed by atoms with van der Waals surface area (Å²) < 4.78 is 5.49. The number of hydrogen-bond donors (Lipinski definition) is 1. The predicted octanol–water partition coefficient (Wildman–Crippen LogP) is 2.55. The summed E-state index contributed by atoms with van der Waals surface area (Å²) in [5, 5.41) is 10.1. The lowest BCUT2D eigenvalue weighted by Crippen LogP contribution is -2.54. The first-order valence-electron chi connectivity index (χ1n) is 7.03. The Bertz CT molecular complexity index is 323. The zero-order valence-electron chi connectivity index (χ0n) is 11.8. The number of nitrogens with zero attached hydrogens (tertiary/aromatic N) is 1. The Labute approximate surface area is 109 Å². The van der Waals surface area contributed by atoms with Crippen molar-refractivity contribution in [1.82, 2.24) is 4.90 Å². The lowest BCUT2D eigenvalue weighted by molar-refractivity contribution is -0.0384. The molecule has 0 aromatic carbocycles. The Hall–Kier alpha value is -0.770. The number of aliphatic hydroxyl groups is 1. The maximum atomic E-state index is 12.3. The van der Waals surface area contributed by atoms with E-state index in [1.807, 2.05) is 25.7 Å². The van der Waals surface area contributed by atoms with Crippen molar-refractivity contribution in [3.05, 3.63) is 0 Å². The molecule has 0 aromatic heterocycles. The van der Waals surface area contributed by atoms with Crippen molar-refractivity contribution in [2.24, 2.45) is 5.92 Å². The van der Waals surface area contributed by atoms with Gasteiger partial charge in [-0.05, 0) is 46.5 Å². The van der Waals surface area contributed by atoms with Crippen molar-refractivity contribution in [2.75, 3.05) is 0 Å². The minimum Gasteiger partial charge on any atom is -0.444 e. The third-order valence-corrected chi connectivity index (χ3v) is 4.12. The van der Waals surface area contributed by atoms with Crippen LogP contribution in [0.5, 0.6) is 0 Å². The van der Waals surface area contributed by atoms with Crippen LogP contribution in [0.4, 0.5) is 4.79 Å². The third-order valence-electron chi connectivity index (χ3n) is 4.12. The Kier molecular flexibility index (Phi) is 3.58. The Morgan fingerprint density at radius 1 is 1.39 bits per heavy atom. The average Bonchev–Trinajstić information content (AvgIpc) is 2.53. The van der Waals surface area contributed by atoms with E-state index in [9.17, 15) is 9.90 Å². The number of carbonyl (C=O) groups excluding carboxylic acids is 1. The highest BCUT2D eigenvalue weighted by molar-refractivity contribution is 5.69. The van der Waals surface area contributed by atoms with Crippen LogP contribution >= 0.6 is 0 Å². The molecule has 0 radical (unpaired) electrons. The molecule has 2 heterocycles. The lowest BCUT2D eigenvalue weighted by Gasteiger charge is -2.42. The van der Waals surface area contributed by atoms with Crippen molar-refractivity contribution in [3.8, 4) is 0 Å². The van der Waals surface area contributed by atoms with E-state index in [1.165, 1.54) is 0 Å². The van der Waals surface area contributed by atoms with Crippen molar-refractivity contribution in [2.45, 2.75) is 77.2 Å². The highest BCUT2D eigenvalue weighted by Crippen LogP contribution is 2.41. The number of aliphatic hydroxyl groups excluding tert-OH is 1. The van der Waals surface area contributed by atoms with E-state index in [-0.39, 0.29) is 30.2 Å². The van der Waals surface area contributed by atoms with Gasteiger partial charge in [-0.15, -0.1) is 0 Å². The SMILES string of the molecule is CCC1C(O)CC2CCC1N2C(=O)OC(C)(C)C. The van der Waals surface area contributed by atoms with Gasteiger partial charge in [-0.1, -0.05) is 6.92 Å². The van der Waals surface area contributed by atoms with E-state index >= 15 is 0 Å². The Balaban J connectivity index is 2.12. The van der Waals surface area contributed by atoms with Gasteiger partial charge in [0, 0.05) is 18.0 Å². The fourth-order valence-corrected chi connectivity index (χ4v) is 3.42. The van der Waals surface area contributed by atoms with Crippen LogP contribution in [0.3, 0.4) is 0 Å². The molecule has 2 saturated heterocycles. The topological polar surface area (TPSA) is 49.8 Å². The second kappa shape index (κ2) is 4.72. The molecule has 1 N–H and O–H groups in total. The molecule has 1 amide bonds. The smallest absolute Gasteiger partial charge is 0.410 e. The molecule has 0 spiro atoms. The van der Waals surface area contributed by atoms with E-state index in [1.54, 1.807) is 0 Å². The van der Waals surface area contributed by atoms with Crippen LogP contribution in [0.25, 0.3) is 0 Å². The van der Waals surface area contributed by atoms with Gasteiger partial charge in [0.1, 0.15) is 5.60 Å². The average molecular weight is 255 g/mol. The van der Waals surface area contributed by atoms with Crippen LogP contribution in [0, 0.1) is 5.92 Å². The zero-order valence-corrected chi connectivity index (χ0v) is 11.8. The number of carbonyl (C=O) groups is 1. The molecule has 2 rings (SSSR count). The Morgan fingerprint density at radius 2 is 2.06 bits per heavy atom. The van der Waals surface area contributed by atoms with Gasteiger partial charge in [0.05, 0.1) is 6.10 Å². The molecule has 2 fully saturated rings. The van der Waals surface area contributed by atoms with Crippen LogP contribution in [0.1, 0.15) is 53.4 Å². The maximum absolute atomic E-state index is 12.3. The van der Waals surface area contributed by atoms with Gasteiger partial charge in [0.2, 0.25) is 0 Å². The molecular weight excluding hydrogens is 230 g/mol. The molecule has 2 aliphatic rings. The van der Waals surface area contributed by atoms with Crippen molar-refractivity contribution >= 4 is 6.09 Å². The van der Waals surface area contributed by atoms with Gasteiger partial charge in [0.15, 0.2) is 0 Å². The van der Waals surface area contributed by atoms with Crippen LogP contribution in [0.15, 0.2) is 0 Å². The minimum absolute atomic E-state index is 0.165. The van der Waals surface area contributed by atoms with Crippen LogP contribution in [-0.2, 0) is 4.74 Å². The van der Waals surface area contributed by atoms with Gasteiger partial charge in [-0.3, -0.25) is 0 Å². The van der Waals surface area contributed by atoms with Crippen LogP contribution in [0.2, 0.25) is 0 Å². The highest BCUT2D eigenvalue weighted by atomic mass is 16.6. The van der Waals surface area contributed by atoms with Crippen molar-refractivity contribution < 1.29 is 14.6 Å². The first-order chi connectivity index (χ1) is 8.33. The van der Waals surface area contributed by atoms with Crippen LogP contribution < -0.4 is 0 Å². The summed E-state index contributed by atoms with van der Waals surface area (Å²) in [6.07, 6.45) is 3.15. The maximum Gasteiger partial charge on any atom is 0.410 e. The van der Waals surface area contributed by atoms with E-state index in [4.69, 9.17) is 4.74 Å². The molecule has 4 atom stereocenters. The number of rotatable bonds is 1. The summed E-state index contributed by atoms with van der Waals surface area (Å²) in [4.78, 5) is 14.2. The van der Waals surface area contributed by atoms with Gasteiger partial charge < -0.3 is 14.7 Å². The van der Waals surface area contributed by atoms with Gasteiger partial charge in [0.25, 0.3) is 0 Å². The number of piperidine rings is 1. The molecule has 104 valence electrons. The van der Waals surface area contributed by atoms with Crippen molar-refractivity contribution in [1.29, 1.82) is 0 Å². The summed E-state index contributed by atoms with van der Waals surface area (Å²) in [5.41, 5.74) is -0.450. The molecule has 0 aromatic rings. The van der Waals surface area contributed by atoms with Gasteiger partial charge in [-0.2, -0.15) is 0 Å². The predicted molar refractivity (Wildman–Crippen MR) is 69.3 cm³/mol. The molecule has 0 saturated carbocycles. The van der Waals surface area contributed by atoms with E-state index < -0.39 is 5.60 Å². The second-order valence-electron chi connectivity index (χ2n) is 6.56.